The Labute approximate surface area is 181 Å². The summed E-state index contributed by atoms with van der Waals surface area (Å²) in [4.78, 5) is 22.9. The lowest BCUT2D eigenvalue weighted by molar-refractivity contribution is 0.0527. The fourth-order valence-electron chi connectivity index (χ4n) is 2.45. The third-order valence-electron chi connectivity index (χ3n) is 3.73. The molecule has 7 nitrogen and oxygen atoms in total. The molecule has 1 amide bonds. The molecule has 0 saturated carbocycles. The van der Waals surface area contributed by atoms with Crippen LogP contribution in [-0.4, -0.2) is 49.3 Å². The number of aliphatic imine (C=N–C) groups is 1. The number of rotatable bonds is 8. The summed E-state index contributed by atoms with van der Waals surface area (Å²) in [5.41, 5.74) is 0.589. The number of thiazole rings is 1. The Morgan fingerprint density at radius 3 is 2.55 bits per heavy atom. The summed E-state index contributed by atoms with van der Waals surface area (Å²) >= 11 is 3.46. The predicted octanol–water partition coefficient (Wildman–Crippen LogP) is 3.80. The van der Waals surface area contributed by atoms with Crippen LogP contribution in [0.2, 0.25) is 0 Å². The molecule has 0 fully saturated rings. The first-order chi connectivity index (χ1) is 13.8. The molecule has 0 saturated heterocycles. The van der Waals surface area contributed by atoms with Gasteiger partial charge in [0.25, 0.3) is 0 Å². The van der Waals surface area contributed by atoms with Gasteiger partial charge >= 0.3 is 6.09 Å². The van der Waals surface area contributed by atoms with E-state index in [-0.39, 0.29) is 6.09 Å². The SMILES string of the molecule is CN=C(NCCCNC(=O)OC(C)(C)C)NCCc1ccc(-c2csc(C)n2)s1. The molecular formula is C20H31N5O2S2. The zero-order chi connectivity index (χ0) is 21.3. The summed E-state index contributed by atoms with van der Waals surface area (Å²) in [5, 5.41) is 12.5. The number of nitrogens with zero attached hydrogens (tertiary/aromatic N) is 2. The monoisotopic (exact) mass is 437 g/mol. The molecule has 2 heterocycles. The highest BCUT2D eigenvalue weighted by atomic mass is 32.1. The van der Waals surface area contributed by atoms with Gasteiger partial charge < -0.3 is 20.7 Å². The molecule has 0 bridgehead atoms. The largest absolute Gasteiger partial charge is 0.444 e. The lowest BCUT2D eigenvalue weighted by atomic mass is 10.2. The van der Waals surface area contributed by atoms with Crippen molar-refractivity contribution < 1.29 is 9.53 Å². The lowest BCUT2D eigenvalue weighted by Crippen LogP contribution is -2.40. The number of alkyl carbamates (subject to hydrolysis) is 1. The molecule has 0 aromatic carbocycles. The molecule has 3 N–H and O–H groups in total. The van der Waals surface area contributed by atoms with E-state index in [0.717, 1.165) is 36.0 Å². The van der Waals surface area contributed by atoms with E-state index in [9.17, 15) is 4.79 Å². The molecule has 2 rings (SSSR count). The quantitative estimate of drug-likeness (QED) is 0.332. The maximum Gasteiger partial charge on any atom is 0.407 e. The standard InChI is InChI=1S/C20H31N5O2S2/c1-14-25-16(13-28-14)17-8-7-15(29-17)9-12-23-18(21-5)22-10-6-11-24-19(26)27-20(2,3)4/h7-8,13H,6,9-12H2,1-5H3,(H,24,26)(H2,21,22,23). The zero-order valence-corrected chi connectivity index (χ0v) is 19.4. The van der Waals surface area contributed by atoms with Crippen LogP contribution in [0, 0.1) is 6.92 Å². The van der Waals surface area contributed by atoms with Gasteiger partial charge in [0, 0.05) is 36.9 Å². The molecule has 0 aliphatic carbocycles. The second kappa shape index (κ2) is 11.2. The molecular weight excluding hydrogens is 406 g/mol. The summed E-state index contributed by atoms with van der Waals surface area (Å²) in [6.07, 6.45) is 1.32. The molecule has 9 heteroatoms. The number of hydrogen-bond acceptors (Lipinski definition) is 6. The van der Waals surface area contributed by atoms with E-state index >= 15 is 0 Å². The van der Waals surface area contributed by atoms with E-state index in [1.54, 1.807) is 29.7 Å². The molecule has 0 radical (unpaired) electrons. The van der Waals surface area contributed by atoms with E-state index in [0.29, 0.717) is 13.1 Å². The first-order valence-electron chi connectivity index (χ1n) is 9.69. The Morgan fingerprint density at radius 2 is 1.90 bits per heavy atom. The lowest BCUT2D eigenvalue weighted by Gasteiger charge is -2.19. The van der Waals surface area contributed by atoms with Crippen LogP contribution in [0.15, 0.2) is 22.5 Å². The van der Waals surface area contributed by atoms with Gasteiger partial charge in [-0.05, 0) is 52.7 Å². The highest BCUT2D eigenvalue weighted by molar-refractivity contribution is 7.16. The first-order valence-corrected chi connectivity index (χ1v) is 11.4. The van der Waals surface area contributed by atoms with Crippen molar-refractivity contribution in [2.45, 2.75) is 46.1 Å². The van der Waals surface area contributed by atoms with Gasteiger partial charge in [-0.3, -0.25) is 4.99 Å². The molecule has 0 aliphatic heterocycles. The summed E-state index contributed by atoms with van der Waals surface area (Å²) in [7, 11) is 1.75. The topological polar surface area (TPSA) is 87.6 Å². The van der Waals surface area contributed by atoms with Gasteiger partial charge in [-0.2, -0.15) is 0 Å². The highest BCUT2D eigenvalue weighted by Gasteiger charge is 2.15. The summed E-state index contributed by atoms with van der Waals surface area (Å²) in [5.74, 6) is 0.758. The number of carbonyl (C=O) groups is 1. The molecule has 0 unspecified atom stereocenters. The molecule has 29 heavy (non-hydrogen) atoms. The average Bonchev–Trinajstić information content (AvgIpc) is 3.27. The molecule has 2 aromatic rings. The molecule has 0 aliphatic rings. The van der Waals surface area contributed by atoms with Gasteiger partial charge in [-0.1, -0.05) is 0 Å². The maximum atomic E-state index is 11.6. The minimum absolute atomic E-state index is 0.386. The summed E-state index contributed by atoms with van der Waals surface area (Å²) in [6, 6.07) is 4.30. The van der Waals surface area contributed by atoms with Gasteiger partial charge in [0.2, 0.25) is 0 Å². The van der Waals surface area contributed by atoms with Crippen LogP contribution in [-0.2, 0) is 11.2 Å². The van der Waals surface area contributed by atoms with Crippen LogP contribution in [0.4, 0.5) is 4.79 Å². The number of guanidine groups is 1. The van der Waals surface area contributed by atoms with Gasteiger partial charge in [-0.15, -0.1) is 22.7 Å². The van der Waals surface area contributed by atoms with Gasteiger partial charge in [0.15, 0.2) is 5.96 Å². The summed E-state index contributed by atoms with van der Waals surface area (Å²) in [6.45, 7) is 9.63. The van der Waals surface area contributed by atoms with Gasteiger partial charge in [0.1, 0.15) is 5.60 Å². The Morgan fingerprint density at radius 1 is 1.17 bits per heavy atom. The van der Waals surface area contributed by atoms with E-state index < -0.39 is 5.60 Å². The number of hydrogen-bond donors (Lipinski definition) is 3. The number of carbonyl (C=O) groups excluding carboxylic acids is 1. The first kappa shape index (κ1) is 23.2. The Hall–Kier alpha value is -2.13. The van der Waals surface area contributed by atoms with E-state index in [1.807, 2.05) is 27.7 Å². The normalized spacial score (nSPS) is 12.0. The van der Waals surface area contributed by atoms with E-state index in [2.05, 4.69) is 43.4 Å². The van der Waals surface area contributed by atoms with Crippen molar-refractivity contribution in [1.82, 2.24) is 20.9 Å². The second-order valence-corrected chi connectivity index (χ2v) is 9.71. The van der Waals surface area contributed by atoms with Crippen LogP contribution in [0.1, 0.15) is 37.1 Å². The second-order valence-electron chi connectivity index (χ2n) is 7.48. The van der Waals surface area contributed by atoms with Crippen LogP contribution in [0.25, 0.3) is 10.6 Å². The molecule has 2 aromatic heterocycles. The van der Waals surface area contributed by atoms with Crippen molar-refractivity contribution in [3.05, 3.63) is 27.4 Å². The fraction of sp³-hybridized carbons (Fsp3) is 0.550. The number of ether oxygens (including phenoxy) is 1. The van der Waals surface area contributed by atoms with Crippen molar-refractivity contribution in [2.24, 2.45) is 4.99 Å². The van der Waals surface area contributed by atoms with Gasteiger partial charge in [-0.25, -0.2) is 9.78 Å². The van der Waals surface area contributed by atoms with Gasteiger partial charge in [0.05, 0.1) is 15.6 Å². The Kier molecular flexibility index (Phi) is 8.91. The number of nitrogens with one attached hydrogen (secondary N) is 3. The minimum Gasteiger partial charge on any atom is -0.444 e. The highest BCUT2D eigenvalue weighted by Crippen LogP contribution is 2.29. The fourth-order valence-corrected chi connectivity index (χ4v) is 4.11. The smallest absolute Gasteiger partial charge is 0.407 e. The number of amides is 1. The van der Waals surface area contributed by atoms with Crippen LogP contribution in [0.3, 0.4) is 0 Å². The Balaban J connectivity index is 1.62. The molecule has 0 atom stereocenters. The van der Waals surface area contributed by atoms with Crippen molar-refractivity contribution >= 4 is 34.7 Å². The summed E-state index contributed by atoms with van der Waals surface area (Å²) < 4.78 is 5.20. The minimum atomic E-state index is -0.475. The van der Waals surface area contributed by atoms with Crippen LogP contribution in [0.5, 0.6) is 0 Å². The zero-order valence-electron chi connectivity index (χ0n) is 17.8. The van der Waals surface area contributed by atoms with Crippen molar-refractivity contribution in [2.75, 3.05) is 26.7 Å². The van der Waals surface area contributed by atoms with Crippen molar-refractivity contribution in [3.63, 3.8) is 0 Å². The molecule has 160 valence electrons. The van der Waals surface area contributed by atoms with Crippen LogP contribution >= 0.6 is 22.7 Å². The number of aromatic nitrogens is 1. The van der Waals surface area contributed by atoms with Crippen LogP contribution < -0.4 is 16.0 Å². The third-order valence-corrected chi connectivity index (χ3v) is 5.68. The maximum absolute atomic E-state index is 11.6. The predicted molar refractivity (Wildman–Crippen MR) is 122 cm³/mol. The van der Waals surface area contributed by atoms with Crippen molar-refractivity contribution in [1.29, 1.82) is 0 Å². The van der Waals surface area contributed by atoms with E-state index in [4.69, 9.17) is 4.74 Å². The van der Waals surface area contributed by atoms with Crippen molar-refractivity contribution in [3.8, 4) is 10.6 Å². The number of aryl methyl sites for hydroxylation is 1. The number of thiophene rings is 1. The molecule has 0 spiro atoms. The Bertz CT molecular complexity index is 808. The third kappa shape index (κ3) is 8.82. The average molecular weight is 438 g/mol. The van der Waals surface area contributed by atoms with E-state index in [1.165, 1.54) is 9.75 Å².